The molecule has 4 nitrogen and oxygen atoms in total. The Labute approximate surface area is 85.2 Å². The van der Waals surface area contributed by atoms with Gasteiger partial charge in [0.25, 0.3) is 0 Å². The number of benzene rings is 1. The summed E-state index contributed by atoms with van der Waals surface area (Å²) in [5.74, 6) is -0.393. The lowest BCUT2D eigenvalue weighted by atomic mass is 10.2. The lowest BCUT2D eigenvalue weighted by Gasteiger charge is -2.04. The van der Waals surface area contributed by atoms with E-state index in [1.165, 1.54) is 12.1 Å². The number of nitrogens with zero attached hydrogens (tertiary/aromatic N) is 1. The zero-order chi connectivity index (χ0) is 10.8. The van der Waals surface area contributed by atoms with Crippen LogP contribution in [-0.4, -0.2) is 17.0 Å². The molecule has 0 bridgehead atoms. The van der Waals surface area contributed by atoms with Crippen LogP contribution in [0.25, 0.3) is 10.9 Å². The van der Waals surface area contributed by atoms with Crippen LogP contribution in [0, 0.1) is 5.82 Å². The summed E-state index contributed by atoms with van der Waals surface area (Å²) in [5.41, 5.74) is 0.634. The van der Waals surface area contributed by atoms with Crippen molar-refractivity contribution < 1.29 is 4.39 Å². The molecular formula is C10H10FN3O. The number of halogens is 1. The van der Waals surface area contributed by atoms with Crippen molar-refractivity contribution in [2.75, 3.05) is 7.05 Å². The molecule has 1 heterocycles. The van der Waals surface area contributed by atoms with Crippen LogP contribution in [0.15, 0.2) is 23.0 Å². The van der Waals surface area contributed by atoms with Gasteiger partial charge in [-0.2, -0.15) is 4.98 Å². The number of H-pyrrole nitrogens is 1. The van der Waals surface area contributed by atoms with Gasteiger partial charge in [0.05, 0.1) is 5.52 Å². The van der Waals surface area contributed by atoms with Gasteiger partial charge in [0.2, 0.25) is 0 Å². The van der Waals surface area contributed by atoms with E-state index in [9.17, 15) is 9.18 Å². The van der Waals surface area contributed by atoms with Gasteiger partial charge >= 0.3 is 5.69 Å². The molecule has 0 aliphatic heterocycles. The number of nitrogens with one attached hydrogen (secondary N) is 2. The molecule has 1 aromatic heterocycles. The Morgan fingerprint density at radius 2 is 2.33 bits per heavy atom. The van der Waals surface area contributed by atoms with Crippen LogP contribution in [0.3, 0.4) is 0 Å². The first-order valence-corrected chi connectivity index (χ1v) is 4.54. The molecule has 0 saturated carbocycles. The molecule has 78 valence electrons. The molecule has 0 aliphatic rings. The first kappa shape index (κ1) is 9.79. The zero-order valence-corrected chi connectivity index (χ0v) is 8.17. The van der Waals surface area contributed by atoms with Gasteiger partial charge in [0, 0.05) is 23.7 Å². The van der Waals surface area contributed by atoms with Crippen LogP contribution in [-0.2, 0) is 6.54 Å². The van der Waals surface area contributed by atoms with E-state index in [-0.39, 0.29) is 0 Å². The maximum atomic E-state index is 12.9. The van der Waals surface area contributed by atoms with E-state index in [2.05, 4.69) is 15.3 Å². The van der Waals surface area contributed by atoms with E-state index in [1.807, 2.05) is 0 Å². The smallest absolute Gasteiger partial charge is 0.314 e. The fraction of sp³-hybridized carbons (Fsp3) is 0.200. The van der Waals surface area contributed by atoms with E-state index in [4.69, 9.17) is 0 Å². The van der Waals surface area contributed by atoms with Crippen molar-refractivity contribution in [1.82, 2.24) is 15.3 Å². The minimum absolute atomic E-state index is 0.379. The van der Waals surface area contributed by atoms with Crippen molar-refractivity contribution >= 4 is 10.9 Å². The second kappa shape index (κ2) is 3.78. The van der Waals surface area contributed by atoms with Crippen LogP contribution < -0.4 is 11.0 Å². The highest BCUT2D eigenvalue weighted by atomic mass is 19.1. The topological polar surface area (TPSA) is 57.8 Å². The molecule has 0 aliphatic carbocycles. The lowest BCUT2D eigenvalue weighted by Crippen LogP contribution is -2.17. The molecule has 0 radical (unpaired) electrons. The van der Waals surface area contributed by atoms with E-state index in [1.54, 1.807) is 13.1 Å². The van der Waals surface area contributed by atoms with Crippen LogP contribution in [0.5, 0.6) is 0 Å². The van der Waals surface area contributed by atoms with Crippen molar-refractivity contribution in [3.8, 4) is 0 Å². The first-order valence-electron chi connectivity index (χ1n) is 4.54. The maximum absolute atomic E-state index is 12.9. The van der Waals surface area contributed by atoms with Crippen molar-refractivity contribution in [2.24, 2.45) is 0 Å². The summed E-state index contributed by atoms with van der Waals surface area (Å²) in [7, 11) is 1.77. The molecule has 0 saturated heterocycles. The van der Waals surface area contributed by atoms with Gasteiger partial charge in [-0.25, -0.2) is 9.18 Å². The lowest BCUT2D eigenvalue weighted by molar-refractivity contribution is 0.629. The van der Waals surface area contributed by atoms with Crippen molar-refractivity contribution in [2.45, 2.75) is 6.54 Å². The highest BCUT2D eigenvalue weighted by Crippen LogP contribution is 2.14. The standard InChI is InChI=1S/C10H10FN3O/c1-12-5-9-7-3-2-6(11)4-8(7)13-10(15)14-9/h2-4,12H,5H2,1H3,(H,13,14,15). The predicted octanol–water partition coefficient (Wildman–Crippen LogP) is 0.782. The van der Waals surface area contributed by atoms with E-state index in [0.717, 1.165) is 5.39 Å². The molecule has 0 unspecified atom stereocenters. The Bertz CT molecular complexity index is 550. The average molecular weight is 207 g/mol. The Hall–Kier alpha value is -1.75. The monoisotopic (exact) mass is 207 g/mol. The highest BCUT2D eigenvalue weighted by Gasteiger charge is 2.04. The third kappa shape index (κ3) is 1.87. The summed E-state index contributed by atoms with van der Waals surface area (Å²) in [4.78, 5) is 17.5. The van der Waals surface area contributed by atoms with Crippen molar-refractivity contribution in [3.63, 3.8) is 0 Å². The molecule has 2 N–H and O–H groups in total. The number of rotatable bonds is 2. The molecule has 1 aromatic carbocycles. The molecule has 2 rings (SSSR count). The van der Waals surface area contributed by atoms with E-state index in [0.29, 0.717) is 17.8 Å². The van der Waals surface area contributed by atoms with Gasteiger partial charge in [-0.3, -0.25) is 0 Å². The van der Waals surface area contributed by atoms with Gasteiger partial charge in [0.15, 0.2) is 0 Å². The number of aromatic amines is 1. The summed E-state index contributed by atoms with van der Waals surface area (Å²) in [6, 6.07) is 4.21. The minimum Gasteiger partial charge on any atom is -0.314 e. The average Bonchev–Trinajstić information content (AvgIpc) is 2.17. The van der Waals surface area contributed by atoms with E-state index < -0.39 is 11.5 Å². The van der Waals surface area contributed by atoms with Crippen LogP contribution in [0.1, 0.15) is 5.69 Å². The van der Waals surface area contributed by atoms with Crippen LogP contribution >= 0.6 is 0 Å². The van der Waals surface area contributed by atoms with Gasteiger partial charge in [-0.05, 0) is 19.2 Å². The normalized spacial score (nSPS) is 10.8. The molecule has 0 spiro atoms. The highest BCUT2D eigenvalue weighted by molar-refractivity contribution is 5.80. The summed E-state index contributed by atoms with van der Waals surface area (Å²) < 4.78 is 12.9. The second-order valence-corrected chi connectivity index (χ2v) is 3.21. The minimum atomic E-state index is -0.460. The van der Waals surface area contributed by atoms with Crippen molar-refractivity contribution in [1.29, 1.82) is 0 Å². The number of hydrogen-bond donors (Lipinski definition) is 2. The number of hydrogen-bond acceptors (Lipinski definition) is 3. The van der Waals surface area contributed by atoms with Gasteiger partial charge in [0.1, 0.15) is 5.82 Å². The molecule has 0 amide bonds. The summed E-state index contributed by atoms with van der Waals surface area (Å²) in [6.07, 6.45) is 0. The third-order valence-electron chi connectivity index (χ3n) is 2.12. The van der Waals surface area contributed by atoms with Crippen LogP contribution in [0.4, 0.5) is 4.39 Å². The summed E-state index contributed by atoms with van der Waals surface area (Å²) >= 11 is 0. The Morgan fingerprint density at radius 1 is 1.53 bits per heavy atom. The molecular weight excluding hydrogens is 197 g/mol. The Kier molecular flexibility index (Phi) is 2.47. The van der Waals surface area contributed by atoms with Gasteiger partial charge in [-0.15, -0.1) is 0 Å². The number of aromatic nitrogens is 2. The predicted molar refractivity (Wildman–Crippen MR) is 55.1 cm³/mol. The zero-order valence-electron chi connectivity index (χ0n) is 8.17. The van der Waals surface area contributed by atoms with Gasteiger partial charge < -0.3 is 10.3 Å². The van der Waals surface area contributed by atoms with Gasteiger partial charge in [-0.1, -0.05) is 0 Å². The summed E-state index contributed by atoms with van der Waals surface area (Å²) in [6.45, 7) is 0.514. The summed E-state index contributed by atoms with van der Waals surface area (Å²) in [5, 5.41) is 3.68. The van der Waals surface area contributed by atoms with Crippen molar-refractivity contribution in [3.05, 3.63) is 40.2 Å². The largest absolute Gasteiger partial charge is 0.345 e. The Morgan fingerprint density at radius 3 is 3.07 bits per heavy atom. The SMILES string of the molecule is CNCc1[nH]c(=O)nc2cc(F)ccc12. The Balaban J connectivity index is 2.74. The molecule has 2 aromatic rings. The fourth-order valence-corrected chi connectivity index (χ4v) is 1.50. The molecule has 0 atom stereocenters. The number of fused-ring (bicyclic) bond motifs is 1. The maximum Gasteiger partial charge on any atom is 0.345 e. The quantitative estimate of drug-likeness (QED) is 0.765. The van der Waals surface area contributed by atoms with Crippen LogP contribution in [0.2, 0.25) is 0 Å². The second-order valence-electron chi connectivity index (χ2n) is 3.21. The first-order chi connectivity index (χ1) is 7.20. The molecule has 5 heteroatoms. The molecule has 0 fully saturated rings. The van der Waals surface area contributed by atoms with E-state index >= 15 is 0 Å². The fourth-order valence-electron chi connectivity index (χ4n) is 1.50. The third-order valence-corrected chi connectivity index (χ3v) is 2.12. The molecule has 15 heavy (non-hydrogen) atoms.